The molecule has 0 aromatic heterocycles. The molecule has 2 fully saturated rings. The normalized spacial score (nSPS) is 20.6. The molecule has 2 amide bonds. The first-order valence-corrected chi connectivity index (χ1v) is 9.42. The number of halogens is 2. The molecule has 2 aliphatic heterocycles. The summed E-state index contributed by atoms with van der Waals surface area (Å²) in [6.07, 6.45) is 4.32. The number of amides is 2. The van der Waals surface area contributed by atoms with Crippen LogP contribution in [0.15, 0.2) is 30.3 Å². The van der Waals surface area contributed by atoms with Crippen molar-refractivity contribution >= 4 is 17.9 Å². The van der Waals surface area contributed by atoms with Gasteiger partial charge in [-0.3, -0.25) is 9.59 Å². The molecule has 28 heavy (non-hydrogen) atoms. The highest BCUT2D eigenvalue weighted by Crippen LogP contribution is 2.23. The van der Waals surface area contributed by atoms with Gasteiger partial charge in [0, 0.05) is 37.8 Å². The number of benzene rings is 1. The molecule has 6 nitrogen and oxygen atoms in total. The molecule has 1 atom stereocenters. The quantitative estimate of drug-likeness (QED) is 0.720. The topological polar surface area (TPSA) is 59.1 Å². The van der Waals surface area contributed by atoms with Crippen molar-refractivity contribution in [3.05, 3.63) is 35.9 Å². The van der Waals surface area contributed by atoms with Crippen LogP contribution in [0.4, 0.5) is 8.78 Å². The third kappa shape index (κ3) is 5.28. The van der Waals surface area contributed by atoms with Gasteiger partial charge in [-0.1, -0.05) is 18.2 Å². The number of carbonyl (C=O) groups excluding carboxylic acids is 2. The van der Waals surface area contributed by atoms with Gasteiger partial charge < -0.3 is 19.3 Å². The van der Waals surface area contributed by atoms with Crippen molar-refractivity contribution in [1.82, 2.24) is 9.80 Å². The summed E-state index contributed by atoms with van der Waals surface area (Å²) in [4.78, 5) is 28.7. The molecule has 2 aliphatic rings. The number of ether oxygens (including phenoxy) is 2. The van der Waals surface area contributed by atoms with E-state index in [0.717, 1.165) is 12.8 Å². The number of hydrogen-bond donors (Lipinski definition) is 0. The maximum absolute atomic E-state index is 12.7. The van der Waals surface area contributed by atoms with E-state index in [9.17, 15) is 18.4 Å². The van der Waals surface area contributed by atoms with Gasteiger partial charge in [-0.25, -0.2) is 0 Å². The van der Waals surface area contributed by atoms with Crippen molar-refractivity contribution in [2.24, 2.45) is 5.92 Å². The van der Waals surface area contributed by atoms with Gasteiger partial charge in [0.05, 0.1) is 19.1 Å². The summed E-state index contributed by atoms with van der Waals surface area (Å²) in [6.45, 7) is 0.279. The van der Waals surface area contributed by atoms with Gasteiger partial charge in [0.15, 0.2) is 0 Å². The fourth-order valence-electron chi connectivity index (χ4n) is 3.51. The molecule has 3 rings (SSSR count). The molecular weight excluding hydrogens is 370 g/mol. The highest BCUT2D eigenvalue weighted by Gasteiger charge is 2.31. The van der Waals surface area contributed by atoms with Crippen molar-refractivity contribution in [3.63, 3.8) is 0 Å². The van der Waals surface area contributed by atoms with E-state index in [1.165, 1.54) is 18.2 Å². The second-order valence-electron chi connectivity index (χ2n) is 6.81. The molecule has 2 heterocycles. The Morgan fingerprint density at radius 1 is 1.14 bits per heavy atom. The van der Waals surface area contributed by atoms with E-state index >= 15 is 0 Å². The zero-order chi connectivity index (χ0) is 19.9. The predicted molar refractivity (Wildman–Crippen MR) is 98.8 cm³/mol. The molecule has 0 radical (unpaired) electrons. The first-order chi connectivity index (χ1) is 13.5. The van der Waals surface area contributed by atoms with Crippen LogP contribution in [0.5, 0.6) is 5.75 Å². The third-order valence-electron chi connectivity index (χ3n) is 4.95. The van der Waals surface area contributed by atoms with E-state index < -0.39 is 6.61 Å². The summed E-state index contributed by atoms with van der Waals surface area (Å²) in [5.41, 5.74) is 0.397. The van der Waals surface area contributed by atoms with E-state index in [2.05, 4.69) is 4.74 Å². The Morgan fingerprint density at radius 2 is 1.89 bits per heavy atom. The summed E-state index contributed by atoms with van der Waals surface area (Å²) in [6, 6.07) is 6.29. The molecule has 0 spiro atoms. The number of alkyl halides is 2. The van der Waals surface area contributed by atoms with Gasteiger partial charge >= 0.3 is 6.61 Å². The Kier molecular flexibility index (Phi) is 6.97. The molecule has 152 valence electrons. The van der Waals surface area contributed by atoms with Gasteiger partial charge in [-0.2, -0.15) is 8.78 Å². The van der Waals surface area contributed by atoms with Crippen molar-refractivity contribution in [2.75, 3.05) is 39.4 Å². The van der Waals surface area contributed by atoms with Crippen molar-refractivity contribution in [1.29, 1.82) is 0 Å². The number of rotatable bonds is 5. The largest absolute Gasteiger partial charge is 0.434 e. The van der Waals surface area contributed by atoms with E-state index in [-0.39, 0.29) is 23.5 Å². The van der Waals surface area contributed by atoms with Gasteiger partial charge in [-0.05, 0) is 25.0 Å². The standard InChI is InChI=1S/C20H24F2N2O4/c21-20(22)28-17-6-2-1-4-15(17)7-8-18(25)24-9-3-5-16(14-24)19(26)23-10-12-27-13-11-23/h1-2,4,6-8,16,20H,3,5,9-14H2/b8-7+. The summed E-state index contributed by atoms with van der Waals surface area (Å²) < 4.78 is 34.7. The number of morpholine rings is 1. The highest BCUT2D eigenvalue weighted by atomic mass is 19.3. The smallest absolute Gasteiger partial charge is 0.387 e. The number of nitrogens with zero attached hydrogens (tertiary/aromatic N) is 2. The lowest BCUT2D eigenvalue weighted by Crippen LogP contribution is -2.49. The van der Waals surface area contributed by atoms with Crippen LogP contribution in [-0.4, -0.2) is 67.6 Å². The molecule has 0 bridgehead atoms. The number of likely N-dealkylation sites (tertiary alicyclic amines) is 1. The molecule has 0 aliphatic carbocycles. The Balaban J connectivity index is 1.61. The lowest BCUT2D eigenvalue weighted by molar-refractivity contribution is -0.143. The van der Waals surface area contributed by atoms with Crippen LogP contribution < -0.4 is 4.74 Å². The molecular formula is C20H24F2N2O4. The molecule has 2 saturated heterocycles. The van der Waals surface area contributed by atoms with Crippen LogP contribution >= 0.6 is 0 Å². The molecule has 1 aromatic rings. The highest BCUT2D eigenvalue weighted by molar-refractivity contribution is 5.92. The van der Waals surface area contributed by atoms with Crippen LogP contribution in [0, 0.1) is 5.92 Å². The molecule has 8 heteroatoms. The van der Waals surface area contributed by atoms with Crippen LogP contribution in [0.1, 0.15) is 18.4 Å². The zero-order valence-corrected chi connectivity index (χ0v) is 15.6. The average molecular weight is 394 g/mol. The lowest BCUT2D eigenvalue weighted by atomic mass is 9.96. The summed E-state index contributed by atoms with van der Waals surface area (Å²) in [5.74, 6) is -0.369. The van der Waals surface area contributed by atoms with Gasteiger partial charge in [0.1, 0.15) is 5.75 Å². The average Bonchev–Trinajstić information content (AvgIpc) is 2.72. The monoisotopic (exact) mass is 394 g/mol. The number of hydrogen-bond acceptors (Lipinski definition) is 4. The minimum Gasteiger partial charge on any atom is -0.434 e. The SMILES string of the molecule is O=C(/C=C/c1ccccc1OC(F)F)N1CCCC(C(=O)N2CCOCC2)C1. The van der Waals surface area contributed by atoms with Gasteiger partial charge in [0.25, 0.3) is 0 Å². The predicted octanol–water partition coefficient (Wildman–Crippen LogP) is 2.40. The Bertz CT molecular complexity index is 720. The summed E-state index contributed by atoms with van der Waals surface area (Å²) in [5, 5.41) is 0. The van der Waals surface area contributed by atoms with Crippen LogP contribution in [-0.2, 0) is 14.3 Å². The summed E-state index contributed by atoms with van der Waals surface area (Å²) >= 11 is 0. The Labute approximate surface area is 162 Å². The van der Waals surface area contributed by atoms with E-state index in [0.29, 0.717) is 45.0 Å². The minimum atomic E-state index is -2.93. The fourth-order valence-corrected chi connectivity index (χ4v) is 3.51. The minimum absolute atomic E-state index is 0.0144. The molecule has 0 N–H and O–H groups in total. The van der Waals surface area contributed by atoms with E-state index in [1.807, 2.05) is 0 Å². The maximum atomic E-state index is 12.7. The zero-order valence-electron chi connectivity index (χ0n) is 15.6. The van der Waals surface area contributed by atoms with E-state index in [4.69, 9.17) is 4.74 Å². The molecule has 1 unspecified atom stereocenters. The second kappa shape index (κ2) is 9.64. The fraction of sp³-hybridized carbons (Fsp3) is 0.500. The first kappa shape index (κ1) is 20.3. The summed E-state index contributed by atoms with van der Waals surface area (Å²) in [7, 11) is 0. The van der Waals surface area contributed by atoms with Gasteiger partial charge in [0.2, 0.25) is 11.8 Å². The number of para-hydroxylation sites is 1. The Morgan fingerprint density at radius 3 is 2.64 bits per heavy atom. The lowest BCUT2D eigenvalue weighted by Gasteiger charge is -2.35. The van der Waals surface area contributed by atoms with Gasteiger partial charge in [-0.15, -0.1) is 0 Å². The van der Waals surface area contributed by atoms with Crippen molar-refractivity contribution < 1.29 is 27.8 Å². The Hall–Kier alpha value is -2.48. The van der Waals surface area contributed by atoms with Crippen LogP contribution in [0.25, 0.3) is 6.08 Å². The van der Waals surface area contributed by atoms with Crippen molar-refractivity contribution in [2.45, 2.75) is 19.5 Å². The van der Waals surface area contributed by atoms with E-state index in [1.54, 1.807) is 28.0 Å². The van der Waals surface area contributed by atoms with Crippen molar-refractivity contribution in [3.8, 4) is 5.75 Å². The molecule has 1 aromatic carbocycles. The van der Waals surface area contributed by atoms with Crippen LogP contribution in [0.3, 0.4) is 0 Å². The molecule has 0 saturated carbocycles. The number of piperidine rings is 1. The number of carbonyl (C=O) groups is 2. The van der Waals surface area contributed by atoms with Crippen LogP contribution in [0.2, 0.25) is 0 Å². The third-order valence-corrected chi connectivity index (χ3v) is 4.95. The first-order valence-electron chi connectivity index (χ1n) is 9.42. The maximum Gasteiger partial charge on any atom is 0.387 e. The second-order valence-corrected chi connectivity index (χ2v) is 6.81.